The predicted octanol–water partition coefficient (Wildman–Crippen LogP) is 2.75. The van der Waals surface area contributed by atoms with Crippen LogP contribution < -0.4 is 0 Å². The van der Waals surface area contributed by atoms with Crippen LogP contribution >= 0.6 is 0 Å². The maximum absolute atomic E-state index is 12.7. The monoisotopic (exact) mass is 254 g/mol. The normalized spacial score (nSPS) is 23.1. The molecule has 3 nitrogen and oxygen atoms in total. The number of carbonyl (C=O) groups excluding carboxylic acids is 1. The highest BCUT2D eigenvalue weighted by Gasteiger charge is 2.42. The number of rotatable bonds is 0. The number of nitrogens with zero attached hydrogens (tertiary/aromatic N) is 2. The van der Waals surface area contributed by atoms with Crippen molar-refractivity contribution in [2.45, 2.75) is 66.5 Å². The van der Waals surface area contributed by atoms with E-state index in [0.29, 0.717) is 0 Å². The van der Waals surface area contributed by atoms with Crippen molar-refractivity contribution in [1.82, 2.24) is 9.80 Å². The minimum absolute atomic E-state index is 0.0950. The van der Waals surface area contributed by atoms with Gasteiger partial charge in [-0.3, -0.25) is 9.69 Å². The van der Waals surface area contributed by atoms with Crippen molar-refractivity contribution in [3.63, 3.8) is 0 Å². The Morgan fingerprint density at radius 1 is 0.944 bits per heavy atom. The molecule has 1 saturated heterocycles. The number of hydrogen-bond donors (Lipinski definition) is 0. The summed E-state index contributed by atoms with van der Waals surface area (Å²) in [4.78, 5) is 17.2. The van der Waals surface area contributed by atoms with Crippen LogP contribution in [-0.2, 0) is 4.79 Å². The highest BCUT2D eigenvalue weighted by molar-refractivity contribution is 5.83. The Kier molecular flexibility index (Phi) is 3.89. The molecule has 1 rings (SSSR count). The van der Waals surface area contributed by atoms with Crippen LogP contribution in [0.3, 0.4) is 0 Å². The molecule has 0 aromatic rings. The molecule has 1 fully saturated rings. The van der Waals surface area contributed by atoms with Crippen LogP contribution in [0, 0.1) is 5.41 Å². The highest BCUT2D eigenvalue weighted by Crippen LogP contribution is 2.31. The quantitative estimate of drug-likeness (QED) is 0.663. The molecule has 0 bridgehead atoms. The van der Waals surface area contributed by atoms with Gasteiger partial charge in [0.1, 0.15) is 0 Å². The van der Waals surface area contributed by atoms with Gasteiger partial charge < -0.3 is 4.90 Å². The molecule has 1 heterocycles. The zero-order chi connectivity index (χ0) is 14.4. The average molecular weight is 254 g/mol. The molecule has 0 aromatic carbocycles. The van der Waals surface area contributed by atoms with Crippen molar-refractivity contribution < 1.29 is 4.79 Å². The molecule has 0 radical (unpaired) electrons. The van der Waals surface area contributed by atoms with E-state index >= 15 is 0 Å². The molecular formula is C15H30N2O. The van der Waals surface area contributed by atoms with E-state index in [2.05, 4.69) is 60.3 Å². The molecule has 3 heteroatoms. The third-order valence-electron chi connectivity index (χ3n) is 3.76. The van der Waals surface area contributed by atoms with Gasteiger partial charge in [0.05, 0.1) is 5.41 Å². The fraction of sp³-hybridized carbons (Fsp3) is 0.933. The smallest absolute Gasteiger partial charge is 0.229 e. The Morgan fingerprint density at radius 2 is 1.44 bits per heavy atom. The van der Waals surface area contributed by atoms with Crippen LogP contribution in [0.15, 0.2) is 0 Å². The number of amides is 1. The molecule has 0 aromatic heterocycles. The average Bonchev–Trinajstić information content (AvgIpc) is 2.22. The van der Waals surface area contributed by atoms with E-state index in [-0.39, 0.29) is 22.4 Å². The summed E-state index contributed by atoms with van der Waals surface area (Å²) in [6, 6.07) is 0. The van der Waals surface area contributed by atoms with Crippen LogP contribution in [0.25, 0.3) is 0 Å². The zero-order valence-corrected chi connectivity index (χ0v) is 13.4. The summed E-state index contributed by atoms with van der Waals surface area (Å²) < 4.78 is 0. The minimum Gasteiger partial charge on any atom is -0.336 e. The van der Waals surface area contributed by atoms with E-state index in [1.165, 1.54) is 0 Å². The van der Waals surface area contributed by atoms with Gasteiger partial charge in [-0.15, -0.1) is 0 Å². The maximum atomic E-state index is 12.7. The molecule has 1 aliphatic rings. The van der Waals surface area contributed by atoms with Gasteiger partial charge >= 0.3 is 0 Å². The first-order valence-electron chi connectivity index (χ1n) is 6.93. The molecule has 0 N–H and O–H groups in total. The molecule has 0 aliphatic carbocycles. The Hall–Kier alpha value is -0.570. The highest BCUT2D eigenvalue weighted by atomic mass is 16.2. The predicted molar refractivity (Wildman–Crippen MR) is 76.6 cm³/mol. The second-order valence-corrected chi connectivity index (χ2v) is 8.10. The van der Waals surface area contributed by atoms with E-state index in [4.69, 9.17) is 0 Å². The maximum Gasteiger partial charge on any atom is 0.229 e. The fourth-order valence-corrected chi connectivity index (χ4v) is 2.52. The van der Waals surface area contributed by atoms with Gasteiger partial charge in [0, 0.05) is 30.7 Å². The molecule has 106 valence electrons. The molecular weight excluding hydrogens is 224 g/mol. The van der Waals surface area contributed by atoms with E-state index < -0.39 is 0 Å². The van der Waals surface area contributed by atoms with Crippen molar-refractivity contribution in [3.05, 3.63) is 0 Å². The Bertz CT molecular complexity index is 320. The first-order valence-corrected chi connectivity index (χ1v) is 6.93. The van der Waals surface area contributed by atoms with E-state index in [9.17, 15) is 4.79 Å². The first kappa shape index (κ1) is 15.5. The van der Waals surface area contributed by atoms with Crippen molar-refractivity contribution in [3.8, 4) is 0 Å². The van der Waals surface area contributed by atoms with Gasteiger partial charge in [0.15, 0.2) is 0 Å². The summed E-state index contributed by atoms with van der Waals surface area (Å²) in [6.45, 7) is 19.8. The Balaban J connectivity index is 3.05. The molecule has 0 saturated carbocycles. The third-order valence-corrected chi connectivity index (χ3v) is 3.76. The minimum atomic E-state index is -0.308. The number of hydrogen-bond acceptors (Lipinski definition) is 2. The van der Waals surface area contributed by atoms with Crippen molar-refractivity contribution in [2.24, 2.45) is 5.41 Å². The summed E-state index contributed by atoms with van der Waals surface area (Å²) in [6.07, 6.45) is 0. The summed E-state index contributed by atoms with van der Waals surface area (Å²) in [5, 5.41) is 0. The lowest BCUT2D eigenvalue weighted by Crippen LogP contribution is -2.51. The lowest BCUT2D eigenvalue weighted by molar-refractivity contribution is -0.144. The lowest BCUT2D eigenvalue weighted by Gasteiger charge is -2.38. The summed E-state index contributed by atoms with van der Waals surface area (Å²) in [5.74, 6) is 0.279. The van der Waals surface area contributed by atoms with Crippen molar-refractivity contribution >= 4 is 5.91 Å². The second-order valence-electron chi connectivity index (χ2n) is 8.10. The van der Waals surface area contributed by atoms with E-state index in [1.807, 2.05) is 4.90 Å². The van der Waals surface area contributed by atoms with Crippen LogP contribution in [-0.4, -0.2) is 46.4 Å². The van der Waals surface area contributed by atoms with E-state index in [0.717, 1.165) is 19.6 Å². The van der Waals surface area contributed by atoms with Crippen LogP contribution in [0.5, 0.6) is 0 Å². The fourth-order valence-electron chi connectivity index (χ4n) is 2.52. The largest absolute Gasteiger partial charge is 0.336 e. The summed E-state index contributed by atoms with van der Waals surface area (Å²) >= 11 is 0. The first-order chi connectivity index (χ1) is 7.86. The van der Waals surface area contributed by atoms with Gasteiger partial charge in [0.25, 0.3) is 0 Å². The topological polar surface area (TPSA) is 23.6 Å². The molecule has 1 aliphatic heterocycles. The lowest BCUT2D eigenvalue weighted by atomic mass is 9.88. The Labute approximate surface area is 113 Å². The van der Waals surface area contributed by atoms with Crippen LogP contribution in [0.1, 0.15) is 55.4 Å². The van der Waals surface area contributed by atoms with Crippen molar-refractivity contribution in [2.75, 3.05) is 19.6 Å². The van der Waals surface area contributed by atoms with Gasteiger partial charge in [-0.2, -0.15) is 0 Å². The van der Waals surface area contributed by atoms with Gasteiger partial charge in [-0.05, 0) is 55.4 Å². The number of carbonyl (C=O) groups is 1. The third kappa shape index (κ3) is 3.25. The van der Waals surface area contributed by atoms with Gasteiger partial charge in [-0.1, -0.05) is 0 Å². The summed E-state index contributed by atoms with van der Waals surface area (Å²) in [7, 11) is 0. The molecule has 18 heavy (non-hydrogen) atoms. The van der Waals surface area contributed by atoms with Crippen LogP contribution in [0.2, 0.25) is 0 Å². The van der Waals surface area contributed by atoms with Crippen LogP contribution in [0.4, 0.5) is 0 Å². The zero-order valence-electron chi connectivity index (χ0n) is 13.4. The molecule has 0 spiro atoms. The molecule has 1 amide bonds. The second kappa shape index (κ2) is 4.52. The SMILES string of the molecule is CC1(C)CN(C(C)(C)C)CCN(C(C)(C)C)C1=O. The molecule has 0 atom stereocenters. The summed E-state index contributed by atoms with van der Waals surface area (Å²) in [5.41, 5.74) is -0.287. The Morgan fingerprint density at radius 3 is 1.83 bits per heavy atom. The van der Waals surface area contributed by atoms with Gasteiger partial charge in [0.2, 0.25) is 5.91 Å². The van der Waals surface area contributed by atoms with E-state index in [1.54, 1.807) is 0 Å². The molecule has 0 unspecified atom stereocenters. The van der Waals surface area contributed by atoms with Crippen molar-refractivity contribution in [1.29, 1.82) is 0 Å². The standard InChI is InChI=1S/C15H30N2O/c1-13(2,3)16-9-10-17(14(4,5)6)12(18)15(7,8)11-16/h9-11H2,1-8H3. The van der Waals surface area contributed by atoms with Gasteiger partial charge in [-0.25, -0.2) is 0 Å².